The minimum absolute atomic E-state index is 0.00768. The lowest BCUT2D eigenvalue weighted by Crippen LogP contribution is -2.48. The van der Waals surface area contributed by atoms with Crippen LogP contribution in [0, 0.1) is 11.3 Å². The number of fused-ring (bicyclic) bond motifs is 1. The van der Waals surface area contributed by atoms with E-state index in [1.54, 1.807) is 0 Å². The van der Waals surface area contributed by atoms with E-state index in [0.717, 1.165) is 44.0 Å². The van der Waals surface area contributed by atoms with Crippen molar-refractivity contribution in [2.45, 2.75) is 56.9 Å². The highest BCUT2D eigenvalue weighted by molar-refractivity contribution is 5.83. The Hall–Kier alpha value is -2.28. The van der Waals surface area contributed by atoms with Crippen LogP contribution in [0.25, 0.3) is 10.9 Å². The summed E-state index contributed by atoms with van der Waals surface area (Å²) < 4.78 is 0. The van der Waals surface area contributed by atoms with Crippen LogP contribution in [0.15, 0.2) is 30.5 Å². The van der Waals surface area contributed by atoms with Gasteiger partial charge in [-0.25, -0.2) is 0 Å². The number of aromatic amines is 1. The summed E-state index contributed by atoms with van der Waals surface area (Å²) in [5, 5.41) is 13.6. The van der Waals surface area contributed by atoms with Gasteiger partial charge in [0.25, 0.3) is 0 Å². The molecule has 1 aliphatic carbocycles. The average Bonchev–Trinajstić information content (AvgIpc) is 2.99. The summed E-state index contributed by atoms with van der Waals surface area (Å²) in [7, 11) is 0. The van der Waals surface area contributed by atoms with Crippen LogP contribution in [0.1, 0.15) is 50.5 Å². The number of aryl methyl sites for hydroxylation is 1. The molecule has 0 bridgehead atoms. The lowest BCUT2D eigenvalue weighted by atomic mass is 9.82. The van der Waals surface area contributed by atoms with Gasteiger partial charge in [0.1, 0.15) is 5.54 Å². The molecule has 2 aromatic rings. The number of hydrogen-bond donors (Lipinski definition) is 2. The monoisotopic (exact) mass is 309 g/mol. The van der Waals surface area contributed by atoms with Crippen molar-refractivity contribution in [3.63, 3.8) is 0 Å². The average molecular weight is 309 g/mol. The van der Waals surface area contributed by atoms with E-state index >= 15 is 0 Å². The van der Waals surface area contributed by atoms with Crippen molar-refractivity contribution in [1.82, 2.24) is 10.3 Å². The van der Waals surface area contributed by atoms with Gasteiger partial charge in [0.2, 0.25) is 5.91 Å². The Kier molecular flexibility index (Phi) is 4.66. The predicted octanol–water partition coefficient (Wildman–Crippen LogP) is 3.83. The highest BCUT2D eigenvalue weighted by Crippen LogP contribution is 2.27. The maximum absolute atomic E-state index is 12.2. The van der Waals surface area contributed by atoms with E-state index in [1.807, 2.05) is 18.3 Å². The standard InChI is InChI=1S/C19H23N3O/c20-14-19(11-4-1-5-12-19)22-18(23)10-6-7-15-13-21-17-9-3-2-8-16(15)17/h2-3,8-9,13,21H,1,4-7,10-12H2,(H,22,23). The van der Waals surface area contributed by atoms with Crippen LogP contribution in [0.4, 0.5) is 0 Å². The van der Waals surface area contributed by atoms with E-state index in [4.69, 9.17) is 0 Å². The molecule has 0 aliphatic heterocycles. The summed E-state index contributed by atoms with van der Waals surface area (Å²) in [6.07, 6.45) is 8.98. The van der Waals surface area contributed by atoms with Crippen LogP contribution in [0.2, 0.25) is 0 Å². The summed E-state index contributed by atoms with van der Waals surface area (Å²) in [6, 6.07) is 10.6. The van der Waals surface area contributed by atoms with Crippen molar-refractivity contribution >= 4 is 16.8 Å². The molecule has 0 unspecified atom stereocenters. The van der Waals surface area contributed by atoms with E-state index in [2.05, 4.69) is 28.5 Å². The van der Waals surface area contributed by atoms with Gasteiger partial charge in [-0.05, 0) is 37.3 Å². The molecule has 3 rings (SSSR count). The minimum Gasteiger partial charge on any atom is -0.361 e. The van der Waals surface area contributed by atoms with Crippen LogP contribution in [0.3, 0.4) is 0 Å². The molecule has 2 N–H and O–H groups in total. The molecule has 4 heteroatoms. The number of aromatic nitrogens is 1. The van der Waals surface area contributed by atoms with E-state index < -0.39 is 5.54 Å². The van der Waals surface area contributed by atoms with Gasteiger partial charge in [-0.1, -0.05) is 37.5 Å². The lowest BCUT2D eigenvalue weighted by molar-refractivity contribution is -0.122. The molecular weight excluding hydrogens is 286 g/mol. The Labute approximate surface area is 136 Å². The van der Waals surface area contributed by atoms with E-state index in [9.17, 15) is 10.1 Å². The van der Waals surface area contributed by atoms with Crippen LogP contribution in [0.5, 0.6) is 0 Å². The van der Waals surface area contributed by atoms with Crippen LogP contribution in [-0.4, -0.2) is 16.4 Å². The van der Waals surface area contributed by atoms with Gasteiger partial charge in [-0.15, -0.1) is 0 Å². The summed E-state index contributed by atoms with van der Waals surface area (Å²) >= 11 is 0. The first-order chi connectivity index (χ1) is 11.2. The fourth-order valence-electron chi connectivity index (χ4n) is 3.53. The molecule has 1 heterocycles. The molecule has 0 spiro atoms. The lowest BCUT2D eigenvalue weighted by Gasteiger charge is -2.31. The third-order valence-corrected chi connectivity index (χ3v) is 4.82. The topological polar surface area (TPSA) is 68.7 Å². The third kappa shape index (κ3) is 3.56. The number of hydrogen-bond acceptors (Lipinski definition) is 2. The quantitative estimate of drug-likeness (QED) is 0.881. The van der Waals surface area contributed by atoms with Gasteiger partial charge in [-0.2, -0.15) is 5.26 Å². The SMILES string of the molecule is N#CC1(NC(=O)CCCc2c[nH]c3ccccc23)CCCCC1. The predicted molar refractivity (Wildman–Crippen MR) is 90.8 cm³/mol. The van der Waals surface area contributed by atoms with Crippen molar-refractivity contribution in [2.75, 3.05) is 0 Å². The number of para-hydroxylation sites is 1. The van der Waals surface area contributed by atoms with Gasteiger partial charge in [0, 0.05) is 23.5 Å². The largest absolute Gasteiger partial charge is 0.361 e. The maximum atomic E-state index is 12.2. The van der Waals surface area contributed by atoms with Gasteiger partial charge in [0.15, 0.2) is 0 Å². The third-order valence-electron chi connectivity index (χ3n) is 4.82. The number of amides is 1. The summed E-state index contributed by atoms with van der Waals surface area (Å²) in [5.74, 6) is 0.00768. The van der Waals surface area contributed by atoms with Gasteiger partial charge >= 0.3 is 0 Å². The number of nitrogens with one attached hydrogen (secondary N) is 2. The Bertz CT molecular complexity index is 720. The van der Waals surface area contributed by atoms with Crippen molar-refractivity contribution < 1.29 is 4.79 Å². The number of H-pyrrole nitrogens is 1. The number of carbonyl (C=O) groups excluding carboxylic acids is 1. The van der Waals surface area contributed by atoms with Gasteiger partial charge in [-0.3, -0.25) is 4.79 Å². The fraction of sp³-hybridized carbons (Fsp3) is 0.474. The van der Waals surface area contributed by atoms with Gasteiger partial charge < -0.3 is 10.3 Å². The Balaban J connectivity index is 1.52. The Morgan fingerprint density at radius 2 is 2.04 bits per heavy atom. The number of benzene rings is 1. The molecule has 0 saturated heterocycles. The maximum Gasteiger partial charge on any atom is 0.221 e. The van der Waals surface area contributed by atoms with Crippen LogP contribution < -0.4 is 5.32 Å². The molecule has 1 aromatic carbocycles. The zero-order valence-electron chi connectivity index (χ0n) is 13.4. The Morgan fingerprint density at radius 3 is 2.83 bits per heavy atom. The smallest absolute Gasteiger partial charge is 0.221 e. The molecule has 1 aromatic heterocycles. The normalized spacial score (nSPS) is 16.8. The van der Waals surface area contributed by atoms with Crippen molar-refractivity contribution in [1.29, 1.82) is 5.26 Å². The highest BCUT2D eigenvalue weighted by Gasteiger charge is 2.33. The number of nitriles is 1. The Morgan fingerprint density at radius 1 is 1.26 bits per heavy atom. The van der Waals surface area contributed by atoms with Crippen molar-refractivity contribution in [3.05, 3.63) is 36.0 Å². The van der Waals surface area contributed by atoms with Crippen molar-refractivity contribution in [2.24, 2.45) is 0 Å². The molecular formula is C19H23N3O. The minimum atomic E-state index is -0.615. The summed E-state index contributed by atoms with van der Waals surface area (Å²) in [5.41, 5.74) is 1.77. The first-order valence-electron chi connectivity index (χ1n) is 8.50. The van der Waals surface area contributed by atoms with E-state index in [1.165, 1.54) is 17.4 Å². The molecule has 0 radical (unpaired) electrons. The summed E-state index contributed by atoms with van der Waals surface area (Å²) in [4.78, 5) is 15.5. The second-order valence-corrected chi connectivity index (χ2v) is 6.52. The second kappa shape index (κ2) is 6.87. The molecule has 0 atom stereocenters. The molecule has 23 heavy (non-hydrogen) atoms. The van der Waals surface area contributed by atoms with E-state index in [-0.39, 0.29) is 5.91 Å². The molecule has 120 valence electrons. The number of rotatable bonds is 5. The first kappa shape index (κ1) is 15.6. The number of carbonyl (C=O) groups is 1. The summed E-state index contributed by atoms with van der Waals surface area (Å²) in [6.45, 7) is 0. The molecule has 1 saturated carbocycles. The number of nitrogens with zero attached hydrogens (tertiary/aromatic N) is 1. The van der Waals surface area contributed by atoms with Crippen LogP contribution in [-0.2, 0) is 11.2 Å². The second-order valence-electron chi connectivity index (χ2n) is 6.52. The first-order valence-corrected chi connectivity index (χ1v) is 8.50. The molecule has 1 amide bonds. The zero-order chi connectivity index (χ0) is 16.1. The van der Waals surface area contributed by atoms with Gasteiger partial charge in [0.05, 0.1) is 6.07 Å². The van der Waals surface area contributed by atoms with E-state index in [0.29, 0.717) is 6.42 Å². The molecule has 4 nitrogen and oxygen atoms in total. The van der Waals surface area contributed by atoms with Crippen LogP contribution >= 0.6 is 0 Å². The zero-order valence-corrected chi connectivity index (χ0v) is 13.4. The molecule has 1 aliphatic rings. The highest BCUT2D eigenvalue weighted by atomic mass is 16.1. The fourth-order valence-corrected chi connectivity index (χ4v) is 3.53. The molecule has 1 fully saturated rings. The van der Waals surface area contributed by atoms with Crippen molar-refractivity contribution in [3.8, 4) is 6.07 Å².